The molecule has 0 bridgehead atoms. The number of nitro groups is 1. The van der Waals surface area contributed by atoms with Crippen LogP contribution in [0.5, 0.6) is 0 Å². The number of anilines is 1. The predicted octanol–water partition coefficient (Wildman–Crippen LogP) is 2.19. The van der Waals surface area contributed by atoms with Crippen molar-refractivity contribution in [1.29, 1.82) is 0 Å². The van der Waals surface area contributed by atoms with Gasteiger partial charge >= 0.3 is 11.7 Å². The Morgan fingerprint density at radius 2 is 2.32 bits per heavy atom. The van der Waals surface area contributed by atoms with Gasteiger partial charge in [0.1, 0.15) is 0 Å². The van der Waals surface area contributed by atoms with E-state index in [1.165, 1.54) is 12.3 Å². The van der Waals surface area contributed by atoms with Crippen molar-refractivity contribution >= 4 is 33.4 Å². The molecule has 0 aliphatic heterocycles. The highest BCUT2D eigenvalue weighted by Gasteiger charge is 2.26. The number of pyridine rings is 1. The number of halogens is 1. The van der Waals surface area contributed by atoms with Crippen molar-refractivity contribution in [2.75, 3.05) is 5.32 Å². The first-order chi connectivity index (χ1) is 8.97. The average molecular weight is 328 g/mol. The van der Waals surface area contributed by atoms with E-state index in [9.17, 15) is 14.9 Å². The van der Waals surface area contributed by atoms with Gasteiger partial charge < -0.3 is 10.4 Å². The number of carboxylic acids is 1. The van der Waals surface area contributed by atoms with Gasteiger partial charge in [0.05, 0.1) is 10.8 Å². The van der Waals surface area contributed by atoms with E-state index in [0.29, 0.717) is 10.9 Å². The van der Waals surface area contributed by atoms with Gasteiger partial charge in [-0.05, 0) is 22.4 Å². The molecule has 1 heterocycles. The lowest BCUT2D eigenvalue weighted by atomic mass is 10.1. The third-order valence-corrected chi connectivity index (χ3v) is 3.19. The lowest BCUT2D eigenvalue weighted by Gasteiger charge is -2.12. The van der Waals surface area contributed by atoms with Crippen LogP contribution in [0.25, 0.3) is 0 Å². The highest BCUT2D eigenvalue weighted by atomic mass is 79.9. The van der Waals surface area contributed by atoms with E-state index in [-0.39, 0.29) is 17.5 Å². The van der Waals surface area contributed by atoms with E-state index in [4.69, 9.17) is 5.11 Å². The topological polar surface area (TPSA) is 105 Å². The number of nitrogens with one attached hydrogen (secondary N) is 1. The maximum absolute atomic E-state index is 10.9. The van der Waals surface area contributed by atoms with Crippen molar-refractivity contribution in [3.8, 4) is 0 Å². The van der Waals surface area contributed by atoms with E-state index in [2.05, 4.69) is 26.2 Å². The summed E-state index contributed by atoms with van der Waals surface area (Å²) in [5, 5.41) is 22.7. The summed E-state index contributed by atoms with van der Waals surface area (Å²) >= 11 is 3.12. The van der Waals surface area contributed by atoms with Crippen LogP contribution in [0.4, 0.5) is 11.5 Å². The molecule has 1 aliphatic rings. The Balaban J connectivity index is 2.15. The number of hydrogen-bond acceptors (Lipinski definition) is 5. The zero-order valence-electron chi connectivity index (χ0n) is 9.62. The van der Waals surface area contributed by atoms with Crippen LogP contribution in [0.1, 0.15) is 6.42 Å². The minimum Gasteiger partial charge on any atom is -0.481 e. The predicted molar refractivity (Wildman–Crippen MR) is 70.9 cm³/mol. The van der Waals surface area contributed by atoms with E-state index in [1.54, 1.807) is 12.2 Å². The third-order valence-electron chi connectivity index (χ3n) is 2.75. The molecule has 19 heavy (non-hydrogen) atoms. The summed E-state index contributed by atoms with van der Waals surface area (Å²) in [5.41, 5.74) is -0.151. The van der Waals surface area contributed by atoms with Gasteiger partial charge in [-0.25, -0.2) is 4.98 Å². The Kier molecular flexibility index (Phi) is 3.79. The lowest BCUT2D eigenvalue weighted by Crippen LogP contribution is -2.20. The molecule has 7 nitrogen and oxygen atoms in total. The van der Waals surface area contributed by atoms with Crippen LogP contribution in [0.15, 0.2) is 28.9 Å². The molecule has 1 aliphatic carbocycles. The van der Waals surface area contributed by atoms with Crippen LogP contribution in [0, 0.1) is 16.0 Å². The molecule has 1 aromatic heterocycles. The first-order valence-electron chi connectivity index (χ1n) is 5.45. The van der Waals surface area contributed by atoms with Crippen molar-refractivity contribution < 1.29 is 14.8 Å². The molecule has 8 heteroatoms. The number of rotatable bonds is 4. The Morgan fingerprint density at radius 1 is 1.58 bits per heavy atom. The second-order valence-corrected chi connectivity index (χ2v) is 5.01. The van der Waals surface area contributed by atoms with E-state index in [0.717, 1.165) is 0 Å². The van der Waals surface area contributed by atoms with Crippen LogP contribution in [0.2, 0.25) is 0 Å². The second kappa shape index (κ2) is 5.35. The molecule has 0 saturated carbocycles. The van der Waals surface area contributed by atoms with E-state index in [1.807, 2.05) is 0 Å². The minimum atomic E-state index is -0.904. The molecule has 2 rings (SSSR count). The Morgan fingerprint density at radius 3 is 2.89 bits per heavy atom. The van der Waals surface area contributed by atoms with Crippen molar-refractivity contribution in [3.05, 3.63) is 39.0 Å². The number of aromatic nitrogens is 1. The molecule has 2 unspecified atom stereocenters. The summed E-state index contributed by atoms with van der Waals surface area (Å²) in [4.78, 5) is 25.1. The first kappa shape index (κ1) is 13.5. The summed E-state index contributed by atoms with van der Waals surface area (Å²) in [5.74, 6) is -1.33. The maximum atomic E-state index is 10.9. The molecule has 0 fully saturated rings. The molecule has 1 aromatic rings. The van der Waals surface area contributed by atoms with Crippen LogP contribution >= 0.6 is 15.9 Å². The molecular weight excluding hydrogens is 318 g/mol. The number of nitrogens with zero attached hydrogens (tertiary/aromatic N) is 2. The summed E-state index contributed by atoms with van der Waals surface area (Å²) in [6, 6.07) is 1.08. The van der Waals surface area contributed by atoms with Crippen LogP contribution < -0.4 is 5.32 Å². The highest BCUT2D eigenvalue weighted by Crippen LogP contribution is 2.28. The molecule has 0 amide bonds. The summed E-state index contributed by atoms with van der Waals surface area (Å²) in [6.45, 7) is 0. The molecule has 0 spiro atoms. The van der Waals surface area contributed by atoms with E-state index < -0.39 is 16.8 Å². The standard InChI is InChI=1S/C11H10BrN3O4/c12-7-4-9(15(18)19)10(13-5-7)14-8-2-1-6(3-8)11(16)17/h1-2,4-6,8H,3H2,(H,13,14)(H,16,17). The smallest absolute Gasteiger partial charge is 0.312 e. The van der Waals surface area contributed by atoms with Crippen LogP contribution in [0.3, 0.4) is 0 Å². The fraction of sp³-hybridized carbons (Fsp3) is 0.273. The van der Waals surface area contributed by atoms with Crippen molar-refractivity contribution in [1.82, 2.24) is 4.98 Å². The molecule has 100 valence electrons. The quantitative estimate of drug-likeness (QED) is 0.499. The number of carbonyl (C=O) groups is 1. The zero-order chi connectivity index (χ0) is 14.0. The Bertz CT molecular complexity index is 561. The van der Waals surface area contributed by atoms with Gasteiger partial charge in [-0.3, -0.25) is 14.9 Å². The van der Waals surface area contributed by atoms with Gasteiger partial charge in [0.2, 0.25) is 5.82 Å². The zero-order valence-corrected chi connectivity index (χ0v) is 11.2. The third kappa shape index (κ3) is 3.08. The van der Waals surface area contributed by atoms with Gasteiger partial charge in [-0.15, -0.1) is 0 Å². The second-order valence-electron chi connectivity index (χ2n) is 4.09. The van der Waals surface area contributed by atoms with E-state index >= 15 is 0 Å². The molecule has 2 atom stereocenters. The van der Waals surface area contributed by atoms with Gasteiger partial charge in [0.15, 0.2) is 0 Å². The van der Waals surface area contributed by atoms with Crippen LogP contribution in [-0.4, -0.2) is 27.0 Å². The maximum Gasteiger partial charge on any atom is 0.312 e. The molecule has 0 saturated heterocycles. The summed E-state index contributed by atoms with van der Waals surface area (Å²) in [6.07, 6.45) is 5.06. The molecule has 0 aromatic carbocycles. The molecule has 0 radical (unpaired) electrons. The Hall–Kier alpha value is -1.96. The largest absolute Gasteiger partial charge is 0.481 e. The summed E-state index contributed by atoms with van der Waals surface area (Å²) < 4.78 is 0.509. The minimum absolute atomic E-state index is 0.133. The van der Waals surface area contributed by atoms with Gasteiger partial charge in [-0.1, -0.05) is 12.2 Å². The monoisotopic (exact) mass is 327 g/mol. The summed E-state index contributed by atoms with van der Waals surface area (Å²) in [7, 11) is 0. The number of hydrogen-bond donors (Lipinski definition) is 2. The first-order valence-corrected chi connectivity index (χ1v) is 6.24. The van der Waals surface area contributed by atoms with Crippen LogP contribution in [-0.2, 0) is 4.79 Å². The van der Waals surface area contributed by atoms with Crippen molar-refractivity contribution in [3.63, 3.8) is 0 Å². The number of carboxylic acid groups (broad SMARTS) is 1. The molecule has 2 N–H and O–H groups in total. The van der Waals surface area contributed by atoms with Gasteiger partial charge in [0, 0.05) is 22.8 Å². The SMILES string of the molecule is O=C(O)C1C=CC(Nc2ncc(Br)cc2[N+](=O)[O-])C1. The fourth-order valence-corrected chi connectivity index (χ4v) is 2.16. The van der Waals surface area contributed by atoms with Gasteiger partial charge in [0.25, 0.3) is 0 Å². The number of aliphatic carboxylic acids is 1. The van der Waals surface area contributed by atoms with Crippen molar-refractivity contribution in [2.45, 2.75) is 12.5 Å². The van der Waals surface area contributed by atoms with Gasteiger partial charge in [-0.2, -0.15) is 0 Å². The normalized spacial score (nSPS) is 21.3. The fourth-order valence-electron chi connectivity index (χ4n) is 1.84. The highest BCUT2D eigenvalue weighted by molar-refractivity contribution is 9.10. The Labute approximate surface area is 116 Å². The van der Waals surface area contributed by atoms with Crippen molar-refractivity contribution in [2.24, 2.45) is 5.92 Å². The lowest BCUT2D eigenvalue weighted by molar-refractivity contribution is -0.384. The average Bonchev–Trinajstić information content (AvgIpc) is 2.80. The molecular formula is C11H10BrN3O4.